The van der Waals surface area contributed by atoms with Crippen molar-refractivity contribution < 1.29 is 4.79 Å². The van der Waals surface area contributed by atoms with Crippen LogP contribution in [0.15, 0.2) is 47.6 Å². The number of halogens is 1. The highest BCUT2D eigenvalue weighted by atomic mass is 35.5. The Morgan fingerprint density at radius 1 is 1.24 bits per heavy atom. The summed E-state index contributed by atoms with van der Waals surface area (Å²) in [7, 11) is 1.95. The summed E-state index contributed by atoms with van der Waals surface area (Å²) >= 11 is 9.49. The van der Waals surface area contributed by atoms with Crippen LogP contribution < -0.4 is 5.32 Å². The van der Waals surface area contributed by atoms with Crippen LogP contribution in [0.3, 0.4) is 0 Å². The van der Waals surface area contributed by atoms with Gasteiger partial charge in [0.25, 0.3) is 0 Å². The van der Waals surface area contributed by atoms with E-state index in [9.17, 15) is 4.79 Å². The van der Waals surface area contributed by atoms with Gasteiger partial charge in [-0.25, -0.2) is 4.98 Å². The Hall–Kier alpha value is -1.67. The number of hydrogen-bond acceptors (Lipinski definition) is 5. The molecule has 29 heavy (non-hydrogen) atoms. The Bertz CT molecular complexity index is 1020. The SMILES string of the molecule is Cn1c(SCC(=O)Nc2cccc(CN3CCSCC3)c2)nc2cc(Cl)ccc21. The first-order chi connectivity index (χ1) is 14.1. The maximum atomic E-state index is 12.5. The molecule has 1 amide bonds. The maximum absolute atomic E-state index is 12.5. The molecule has 1 N–H and O–H groups in total. The molecule has 5 nitrogen and oxygen atoms in total. The first-order valence-corrected chi connectivity index (χ1v) is 12.0. The lowest BCUT2D eigenvalue weighted by molar-refractivity contribution is -0.113. The number of benzene rings is 2. The molecule has 0 spiro atoms. The van der Waals surface area contributed by atoms with Crippen molar-refractivity contribution in [2.75, 3.05) is 35.7 Å². The second kappa shape index (κ2) is 9.43. The van der Waals surface area contributed by atoms with Crippen molar-refractivity contribution in [2.45, 2.75) is 11.7 Å². The molecule has 2 heterocycles. The van der Waals surface area contributed by atoms with Crippen LogP contribution in [0.1, 0.15) is 5.56 Å². The Morgan fingerprint density at radius 3 is 2.90 bits per heavy atom. The van der Waals surface area contributed by atoms with Gasteiger partial charge in [-0.05, 0) is 35.9 Å². The largest absolute Gasteiger partial charge is 0.325 e. The molecule has 8 heteroatoms. The van der Waals surface area contributed by atoms with Gasteiger partial charge in [-0.3, -0.25) is 9.69 Å². The second-order valence-corrected chi connectivity index (χ2v) is 9.62. The third-order valence-electron chi connectivity index (χ3n) is 4.85. The number of aromatic nitrogens is 2. The number of fused-ring (bicyclic) bond motifs is 1. The van der Waals surface area contributed by atoms with Crippen molar-refractivity contribution in [1.29, 1.82) is 0 Å². The van der Waals surface area contributed by atoms with E-state index in [1.54, 1.807) is 0 Å². The Morgan fingerprint density at radius 2 is 2.07 bits per heavy atom. The monoisotopic (exact) mass is 446 g/mol. The summed E-state index contributed by atoms with van der Waals surface area (Å²) < 4.78 is 1.99. The zero-order chi connectivity index (χ0) is 20.2. The molecule has 3 aromatic rings. The summed E-state index contributed by atoms with van der Waals surface area (Å²) in [6.07, 6.45) is 0. The Balaban J connectivity index is 1.35. The van der Waals surface area contributed by atoms with Crippen molar-refractivity contribution in [1.82, 2.24) is 14.5 Å². The average Bonchev–Trinajstić information content (AvgIpc) is 3.02. The van der Waals surface area contributed by atoms with Crippen molar-refractivity contribution in [3.63, 3.8) is 0 Å². The first kappa shape index (κ1) is 20.6. The molecule has 0 radical (unpaired) electrons. The molecular formula is C21H23ClN4OS2. The van der Waals surface area contributed by atoms with Crippen LogP contribution in [-0.4, -0.2) is 50.7 Å². The van der Waals surface area contributed by atoms with Crippen LogP contribution in [0.2, 0.25) is 5.02 Å². The number of carbonyl (C=O) groups is 1. The van der Waals surface area contributed by atoms with E-state index in [1.807, 2.05) is 53.7 Å². The summed E-state index contributed by atoms with van der Waals surface area (Å²) in [5, 5.41) is 4.47. The van der Waals surface area contributed by atoms with Crippen LogP contribution >= 0.6 is 35.1 Å². The van der Waals surface area contributed by atoms with E-state index in [0.717, 1.165) is 41.5 Å². The van der Waals surface area contributed by atoms with Crippen LogP contribution in [0.4, 0.5) is 5.69 Å². The topological polar surface area (TPSA) is 50.2 Å². The first-order valence-electron chi connectivity index (χ1n) is 9.52. The molecule has 1 fully saturated rings. The molecule has 0 atom stereocenters. The van der Waals surface area contributed by atoms with Crippen LogP contribution in [0.25, 0.3) is 11.0 Å². The number of rotatable bonds is 6. The summed E-state index contributed by atoms with van der Waals surface area (Å²) in [6, 6.07) is 13.8. The number of nitrogens with one attached hydrogen (secondary N) is 1. The van der Waals surface area contributed by atoms with Crippen molar-refractivity contribution in [2.24, 2.45) is 7.05 Å². The lowest BCUT2D eigenvalue weighted by Gasteiger charge is -2.26. The van der Waals surface area contributed by atoms with E-state index >= 15 is 0 Å². The summed E-state index contributed by atoms with van der Waals surface area (Å²) in [5.41, 5.74) is 3.92. The predicted molar refractivity (Wildman–Crippen MR) is 124 cm³/mol. The minimum absolute atomic E-state index is 0.0355. The third kappa shape index (κ3) is 5.28. The molecule has 0 saturated carbocycles. The van der Waals surface area contributed by atoms with Crippen LogP contribution in [0.5, 0.6) is 0 Å². The zero-order valence-corrected chi connectivity index (χ0v) is 18.6. The van der Waals surface area contributed by atoms with Crippen molar-refractivity contribution in [3.8, 4) is 0 Å². The Kier molecular flexibility index (Phi) is 6.70. The van der Waals surface area contributed by atoms with E-state index in [1.165, 1.54) is 28.8 Å². The highest BCUT2D eigenvalue weighted by Gasteiger charge is 2.13. The molecule has 152 valence electrons. The van der Waals surface area contributed by atoms with E-state index in [4.69, 9.17) is 11.6 Å². The van der Waals surface area contributed by atoms with Gasteiger partial charge in [-0.1, -0.05) is 35.5 Å². The smallest absolute Gasteiger partial charge is 0.234 e. The van der Waals surface area contributed by atoms with Gasteiger partial charge in [0.1, 0.15) is 0 Å². The standard InChI is InChI=1S/C21H23ClN4OS2/c1-25-19-6-5-16(22)12-18(19)24-21(25)29-14-20(27)23-17-4-2-3-15(11-17)13-26-7-9-28-10-8-26/h2-6,11-12H,7-10,13-14H2,1H3,(H,23,27). The second-order valence-electron chi connectivity index (χ2n) is 7.01. The molecule has 4 rings (SSSR count). The molecule has 0 unspecified atom stereocenters. The number of thioether (sulfide) groups is 2. The molecule has 1 saturated heterocycles. The molecule has 1 aliphatic rings. The Labute approximate surface area is 184 Å². The normalized spacial score (nSPS) is 15.0. The van der Waals surface area contributed by atoms with Gasteiger partial charge in [0.15, 0.2) is 5.16 Å². The van der Waals surface area contributed by atoms with Gasteiger partial charge in [-0.15, -0.1) is 0 Å². The van der Waals surface area contributed by atoms with Crippen LogP contribution in [-0.2, 0) is 18.4 Å². The number of aryl methyl sites for hydroxylation is 1. The lowest BCUT2D eigenvalue weighted by atomic mass is 10.2. The van der Waals surface area contributed by atoms with Crippen molar-refractivity contribution in [3.05, 3.63) is 53.1 Å². The van der Waals surface area contributed by atoms with E-state index in [2.05, 4.69) is 27.3 Å². The van der Waals surface area contributed by atoms with Gasteiger partial charge < -0.3 is 9.88 Å². The minimum Gasteiger partial charge on any atom is -0.325 e. The van der Waals surface area contributed by atoms with E-state index in [0.29, 0.717) is 10.8 Å². The lowest BCUT2D eigenvalue weighted by Crippen LogP contribution is -2.31. The highest BCUT2D eigenvalue weighted by Crippen LogP contribution is 2.25. The molecule has 0 bridgehead atoms. The van der Waals surface area contributed by atoms with Gasteiger partial charge >= 0.3 is 0 Å². The fourth-order valence-electron chi connectivity index (χ4n) is 3.37. The van der Waals surface area contributed by atoms with E-state index in [-0.39, 0.29) is 5.91 Å². The third-order valence-corrected chi connectivity index (χ3v) is 7.06. The summed E-state index contributed by atoms with van der Waals surface area (Å²) in [4.78, 5) is 19.5. The number of amides is 1. The van der Waals surface area contributed by atoms with E-state index < -0.39 is 0 Å². The molecule has 0 aliphatic carbocycles. The fraction of sp³-hybridized carbons (Fsp3) is 0.333. The van der Waals surface area contributed by atoms with Gasteiger partial charge in [0.05, 0.1) is 16.8 Å². The predicted octanol–water partition coefficient (Wildman–Crippen LogP) is 4.51. The van der Waals surface area contributed by atoms with Gasteiger partial charge in [0, 0.05) is 48.9 Å². The summed E-state index contributed by atoms with van der Waals surface area (Å²) in [5.74, 6) is 2.66. The maximum Gasteiger partial charge on any atom is 0.234 e. The molecular weight excluding hydrogens is 424 g/mol. The summed E-state index contributed by atoms with van der Waals surface area (Å²) in [6.45, 7) is 3.18. The number of imidazole rings is 1. The van der Waals surface area contributed by atoms with Crippen molar-refractivity contribution >= 4 is 57.8 Å². The highest BCUT2D eigenvalue weighted by molar-refractivity contribution is 7.99. The van der Waals surface area contributed by atoms with Crippen LogP contribution in [0, 0.1) is 0 Å². The van der Waals surface area contributed by atoms with Gasteiger partial charge in [-0.2, -0.15) is 11.8 Å². The molecule has 1 aromatic heterocycles. The molecule has 1 aliphatic heterocycles. The number of nitrogens with zero attached hydrogens (tertiary/aromatic N) is 3. The minimum atomic E-state index is -0.0355. The zero-order valence-electron chi connectivity index (χ0n) is 16.2. The molecule has 2 aromatic carbocycles. The number of carbonyl (C=O) groups excluding carboxylic acids is 1. The quantitative estimate of drug-likeness (QED) is 0.564. The average molecular weight is 447 g/mol. The number of hydrogen-bond donors (Lipinski definition) is 1. The number of anilines is 1. The van der Waals surface area contributed by atoms with Gasteiger partial charge in [0.2, 0.25) is 5.91 Å². The fourth-order valence-corrected chi connectivity index (χ4v) is 5.30.